The lowest BCUT2D eigenvalue weighted by molar-refractivity contribution is 0.0734. The van der Waals surface area contributed by atoms with Gasteiger partial charge >= 0.3 is 0 Å². The fraction of sp³-hybridized carbons (Fsp3) is 0.533. The van der Waals surface area contributed by atoms with Gasteiger partial charge in [0.2, 0.25) is 5.82 Å². The van der Waals surface area contributed by atoms with Crippen LogP contribution in [0.25, 0.3) is 0 Å². The number of nitrogens with zero attached hydrogens (tertiary/aromatic N) is 6. The molecule has 0 unspecified atom stereocenters. The SMILES string of the molecule is CCCc1nc(C)cc(N2CCN(C(=O)c3ncn[nH]3)CC2)n1. The normalized spacial score (nSPS) is 15.0. The minimum absolute atomic E-state index is 0.104. The molecule has 1 N–H and O–H groups in total. The number of nitrogens with one attached hydrogen (secondary N) is 1. The lowest BCUT2D eigenvalue weighted by Crippen LogP contribution is -2.49. The molecule has 0 spiro atoms. The fourth-order valence-corrected chi connectivity index (χ4v) is 2.71. The Kier molecular flexibility index (Phi) is 4.50. The second-order valence-electron chi connectivity index (χ2n) is 5.65. The summed E-state index contributed by atoms with van der Waals surface area (Å²) in [6.07, 6.45) is 3.27. The molecule has 0 bridgehead atoms. The molecule has 2 aromatic rings. The highest BCUT2D eigenvalue weighted by atomic mass is 16.2. The van der Waals surface area contributed by atoms with Crippen molar-refractivity contribution in [3.63, 3.8) is 0 Å². The number of amides is 1. The number of aromatic amines is 1. The van der Waals surface area contributed by atoms with E-state index in [1.165, 1.54) is 6.33 Å². The maximum absolute atomic E-state index is 12.2. The lowest BCUT2D eigenvalue weighted by atomic mass is 10.2. The van der Waals surface area contributed by atoms with Gasteiger partial charge in [-0.1, -0.05) is 6.92 Å². The number of hydrogen-bond acceptors (Lipinski definition) is 6. The number of piperazine rings is 1. The summed E-state index contributed by atoms with van der Waals surface area (Å²) in [5, 5.41) is 6.35. The molecule has 8 heteroatoms. The molecule has 1 amide bonds. The third kappa shape index (κ3) is 3.46. The van der Waals surface area contributed by atoms with Crippen LogP contribution in [-0.4, -0.2) is 62.1 Å². The van der Waals surface area contributed by atoms with E-state index in [4.69, 9.17) is 0 Å². The topological polar surface area (TPSA) is 90.9 Å². The smallest absolute Gasteiger partial charge is 0.291 e. The van der Waals surface area contributed by atoms with Crippen molar-refractivity contribution < 1.29 is 4.79 Å². The molecular weight excluding hydrogens is 294 g/mol. The summed E-state index contributed by atoms with van der Waals surface area (Å²) in [7, 11) is 0. The van der Waals surface area contributed by atoms with Crippen LogP contribution in [0.1, 0.15) is 35.5 Å². The van der Waals surface area contributed by atoms with E-state index in [1.54, 1.807) is 4.90 Å². The summed E-state index contributed by atoms with van der Waals surface area (Å²) in [4.78, 5) is 29.3. The third-order valence-corrected chi connectivity index (χ3v) is 3.87. The van der Waals surface area contributed by atoms with E-state index in [2.05, 4.69) is 37.0 Å². The molecule has 0 radical (unpaired) electrons. The third-order valence-electron chi connectivity index (χ3n) is 3.87. The van der Waals surface area contributed by atoms with Gasteiger partial charge in [0.05, 0.1) is 0 Å². The van der Waals surface area contributed by atoms with Gasteiger partial charge in [-0.05, 0) is 13.3 Å². The van der Waals surface area contributed by atoms with Crippen LogP contribution in [0.2, 0.25) is 0 Å². The van der Waals surface area contributed by atoms with Gasteiger partial charge in [-0.3, -0.25) is 9.89 Å². The first kappa shape index (κ1) is 15.4. The average Bonchev–Trinajstić information content (AvgIpc) is 3.08. The lowest BCUT2D eigenvalue weighted by Gasteiger charge is -2.35. The molecule has 0 saturated carbocycles. The summed E-state index contributed by atoms with van der Waals surface area (Å²) < 4.78 is 0. The molecular formula is C15H21N7O. The first-order valence-electron chi connectivity index (χ1n) is 7.91. The van der Waals surface area contributed by atoms with Crippen LogP contribution in [0.5, 0.6) is 0 Å². The van der Waals surface area contributed by atoms with Gasteiger partial charge in [-0.15, -0.1) is 0 Å². The van der Waals surface area contributed by atoms with Gasteiger partial charge < -0.3 is 9.80 Å². The van der Waals surface area contributed by atoms with Crippen molar-refractivity contribution in [1.29, 1.82) is 0 Å². The van der Waals surface area contributed by atoms with Crippen molar-refractivity contribution in [3.05, 3.63) is 29.7 Å². The largest absolute Gasteiger partial charge is 0.353 e. The van der Waals surface area contributed by atoms with Crippen LogP contribution in [0.15, 0.2) is 12.4 Å². The van der Waals surface area contributed by atoms with Crippen molar-refractivity contribution in [2.75, 3.05) is 31.1 Å². The highest BCUT2D eigenvalue weighted by Crippen LogP contribution is 2.16. The van der Waals surface area contributed by atoms with Gasteiger partial charge in [-0.2, -0.15) is 5.10 Å². The Hall–Kier alpha value is -2.51. The number of anilines is 1. The van der Waals surface area contributed by atoms with Gasteiger partial charge in [0.1, 0.15) is 18.0 Å². The van der Waals surface area contributed by atoms with Crippen LogP contribution >= 0.6 is 0 Å². The molecule has 1 saturated heterocycles. The second kappa shape index (κ2) is 6.72. The number of hydrogen-bond donors (Lipinski definition) is 1. The quantitative estimate of drug-likeness (QED) is 0.898. The fourth-order valence-electron chi connectivity index (χ4n) is 2.71. The monoisotopic (exact) mass is 315 g/mol. The summed E-state index contributed by atoms with van der Waals surface area (Å²) in [5.74, 6) is 2.03. The van der Waals surface area contributed by atoms with Gasteiger partial charge in [0.15, 0.2) is 0 Å². The Morgan fingerprint density at radius 3 is 2.70 bits per heavy atom. The van der Waals surface area contributed by atoms with Crippen molar-refractivity contribution in [2.45, 2.75) is 26.7 Å². The van der Waals surface area contributed by atoms with Gasteiger partial charge in [0.25, 0.3) is 5.91 Å². The Labute approximate surface area is 135 Å². The number of aromatic nitrogens is 5. The molecule has 2 aromatic heterocycles. The molecule has 3 heterocycles. The van der Waals surface area contributed by atoms with E-state index >= 15 is 0 Å². The number of aryl methyl sites for hydroxylation is 2. The first-order valence-corrected chi connectivity index (χ1v) is 7.91. The molecule has 0 atom stereocenters. The van der Waals surface area contributed by atoms with E-state index in [0.29, 0.717) is 18.9 Å². The van der Waals surface area contributed by atoms with E-state index in [1.807, 2.05) is 13.0 Å². The van der Waals surface area contributed by atoms with E-state index in [-0.39, 0.29) is 5.91 Å². The molecule has 1 aliphatic heterocycles. The predicted octanol–water partition coefficient (Wildman–Crippen LogP) is 0.818. The molecule has 8 nitrogen and oxygen atoms in total. The highest BCUT2D eigenvalue weighted by molar-refractivity contribution is 5.90. The van der Waals surface area contributed by atoms with E-state index in [0.717, 1.165) is 43.3 Å². The van der Waals surface area contributed by atoms with Crippen LogP contribution in [0, 0.1) is 6.92 Å². The number of H-pyrrole nitrogens is 1. The van der Waals surface area contributed by atoms with Crippen LogP contribution < -0.4 is 4.90 Å². The maximum Gasteiger partial charge on any atom is 0.291 e. The van der Waals surface area contributed by atoms with Crippen molar-refractivity contribution in [2.24, 2.45) is 0 Å². The van der Waals surface area contributed by atoms with Crippen LogP contribution in [-0.2, 0) is 6.42 Å². The van der Waals surface area contributed by atoms with Gasteiger partial charge in [-0.25, -0.2) is 15.0 Å². The molecule has 0 aromatic carbocycles. The maximum atomic E-state index is 12.2. The van der Waals surface area contributed by atoms with Crippen molar-refractivity contribution in [1.82, 2.24) is 30.0 Å². The van der Waals surface area contributed by atoms with Crippen molar-refractivity contribution in [3.8, 4) is 0 Å². The van der Waals surface area contributed by atoms with Gasteiger partial charge in [0, 0.05) is 44.4 Å². The minimum atomic E-state index is -0.104. The molecule has 3 rings (SSSR count). The standard InChI is InChI=1S/C15H21N7O/c1-3-4-12-18-11(2)9-13(19-12)21-5-7-22(8-6-21)15(23)14-16-10-17-20-14/h9-10H,3-8H2,1-2H3,(H,16,17,20). The Morgan fingerprint density at radius 2 is 2.04 bits per heavy atom. The molecule has 23 heavy (non-hydrogen) atoms. The summed E-state index contributed by atoms with van der Waals surface area (Å²) in [6.45, 7) is 6.91. The van der Waals surface area contributed by atoms with E-state index in [9.17, 15) is 4.79 Å². The second-order valence-corrected chi connectivity index (χ2v) is 5.65. The minimum Gasteiger partial charge on any atom is -0.353 e. The highest BCUT2D eigenvalue weighted by Gasteiger charge is 2.24. The Balaban J connectivity index is 1.66. The summed E-state index contributed by atoms with van der Waals surface area (Å²) in [6, 6.07) is 2.01. The molecule has 1 fully saturated rings. The van der Waals surface area contributed by atoms with Crippen LogP contribution in [0.4, 0.5) is 5.82 Å². The first-order chi connectivity index (χ1) is 11.2. The predicted molar refractivity (Wildman–Crippen MR) is 85.3 cm³/mol. The van der Waals surface area contributed by atoms with Crippen molar-refractivity contribution >= 4 is 11.7 Å². The zero-order chi connectivity index (χ0) is 16.2. The number of carbonyl (C=O) groups excluding carboxylic acids is 1. The Morgan fingerprint density at radius 1 is 1.26 bits per heavy atom. The van der Waals surface area contributed by atoms with E-state index < -0.39 is 0 Å². The number of carbonyl (C=O) groups is 1. The molecule has 0 aliphatic carbocycles. The summed E-state index contributed by atoms with van der Waals surface area (Å²) in [5.41, 5.74) is 0.985. The zero-order valence-electron chi connectivity index (χ0n) is 13.5. The zero-order valence-corrected chi connectivity index (χ0v) is 13.5. The van der Waals surface area contributed by atoms with Crippen LogP contribution in [0.3, 0.4) is 0 Å². The molecule has 122 valence electrons. The summed E-state index contributed by atoms with van der Waals surface area (Å²) >= 11 is 0. The average molecular weight is 315 g/mol. The Bertz CT molecular complexity index is 662. The molecule has 1 aliphatic rings. The number of rotatable bonds is 4.